The Labute approximate surface area is 149 Å². The molecule has 26 heavy (non-hydrogen) atoms. The van der Waals surface area contributed by atoms with E-state index in [2.05, 4.69) is 5.32 Å². The van der Waals surface area contributed by atoms with Crippen LogP contribution in [0.15, 0.2) is 48.5 Å². The second-order valence-electron chi connectivity index (χ2n) is 5.29. The van der Waals surface area contributed by atoms with E-state index in [0.29, 0.717) is 6.41 Å². The summed E-state index contributed by atoms with van der Waals surface area (Å²) >= 11 is 0. The fraction of sp³-hybridized carbons (Fsp3) is 0.211. The second kappa shape index (κ2) is 8.42. The maximum atomic E-state index is 13.4. The molecule has 0 spiro atoms. The van der Waals surface area contributed by atoms with Crippen molar-refractivity contribution in [2.24, 2.45) is 0 Å². The Bertz CT molecular complexity index is 787. The van der Waals surface area contributed by atoms with Crippen LogP contribution >= 0.6 is 0 Å². The van der Waals surface area contributed by atoms with Gasteiger partial charge in [-0.15, -0.1) is 0 Å². The van der Waals surface area contributed by atoms with Crippen LogP contribution in [0.2, 0.25) is 0 Å². The third-order valence-corrected chi connectivity index (χ3v) is 3.64. The van der Waals surface area contributed by atoms with Gasteiger partial charge in [-0.1, -0.05) is 36.4 Å². The summed E-state index contributed by atoms with van der Waals surface area (Å²) in [7, 11) is 1.27. The highest BCUT2D eigenvalue weighted by molar-refractivity contribution is 5.77. The molecule has 0 unspecified atom stereocenters. The van der Waals surface area contributed by atoms with Gasteiger partial charge in [-0.3, -0.25) is 4.79 Å². The highest BCUT2D eigenvalue weighted by Crippen LogP contribution is 2.41. The first-order valence-electron chi connectivity index (χ1n) is 7.73. The molecular formula is C19H18F3NO3. The first kappa shape index (κ1) is 19.4. The lowest BCUT2D eigenvalue weighted by atomic mass is 10.0. The minimum atomic E-state index is -4.63. The lowest BCUT2D eigenvalue weighted by Gasteiger charge is -2.19. The number of allylic oxidation sites excluding steroid dienone is 1. The zero-order valence-electron chi connectivity index (χ0n) is 14.3. The highest BCUT2D eigenvalue weighted by Gasteiger charge is 2.35. The van der Waals surface area contributed by atoms with Crippen molar-refractivity contribution in [2.45, 2.75) is 19.7 Å². The molecule has 0 heterocycles. The molecule has 0 aliphatic rings. The zero-order chi connectivity index (χ0) is 19.2. The van der Waals surface area contributed by atoms with Crippen molar-refractivity contribution in [2.75, 3.05) is 7.11 Å². The number of alkyl halides is 3. The number of benzene rings is 2. The molecule has 2 rings (SSSR count). The molecule has 0 bridgehead atoms. The number of ether oxygens (including phenoxy) is 2. The topological polar surface area (TPSA) is 47.6 Å². The molecule has 2 aromatic carbocycles. The summed E-state index contributed by atoms with van der Waals surface area (Å²) in [6, 6.07) is 11.3. The molecule has 1 amide bonds. The summed E-state index contributed by atoms with van der Waals surface area (Å²) in [5.41, 5.74) is -0.243. The molecular weight excluding hydrogens is 347 g/mol. The Morgan fingerprint density at radius 2 is 1.85 bits per heavy atom. The smallest absolute Gasteiger partial charge is 0.417 e. The standard InChI is InChI=1S/C19H18F3NO3/c1-3-16(23-12-24)14-9-18(26-11-13-7-5-4-6-8-13)17(25-2)10-15(14)19(20,21)22/h3-10,12H,11H2,1-2H3,(H,23,24)/b16-3+. The van der Waals surface area contributed by atoms with Crippen molar-refractivity contribution in [1.29, 1.82) is 0 Å². The van der Waals surface area contributed by atoms with Crippen LogP contribution in [-0.2, 0) is 17.6 Å². The molecule has 2 aromatic rings. The van der Waals surface area contributed by atoms with E-state index in [4.69, 9.17) is 9.47 Å². The first-order valence-corrected chi connectivity index (χ1v) is 7.73. The SMILES string of the molecule is C/C=C(/NC=O)c1cc(OCc2ccccc2)c(OC)cc1C(F)(F)F. The zero-order valence-corrected chi connectivity index (χ0v) is 14.3. The summed E-state index contributed by atoms with van der Waals surface area (Å²) in [6.45, 7) is 1.69. The average Bonchev–Trinajstić information content (AvgIpc) is 2.63. The Morgan fingerprint density at radius 1 is 1.15 bits per heavy atom. The largest absolute Gasteiger partial charge is 0.493 e. The van der Waals surface area contributed by atoms with E-state index >= 15 is 0 Å². The van der Waals surface area contributed by atoms with Crippen LogP contribution in [0.4, 0.5) is 13.2 Å². The summed E-state index contributed by atoms with van der Waals surface area (Å²) < 4.78 is 51.1. The predicted octanol–water partition coefficient (Wildman–Crippen LogP) is 4.40. The van der Waals surface area contributed by atoms with Crippen molar-refractivity contribution in [3.05, 3.63) is 65.2 Å². The van der Waals surface area contributed by atoms with E-state index in [1.165, 1.54) is 26.2 Å². The van der Waals surface area contributed by atoms with Gasteiger partial charge in [0.25, 0.3) is 0 Å². The predicted molar refractivity (Wildman–Crippen MR) is 91.6 cm³/mol. The van der Waals surface area contributed by atoms with E-state index in [1.54, 1.807) is 0 Å². The number of hydrogen-bond donors (Lipinski definition) is 1. The minimum absolute atomic E-state index is 0.0274. The van der Waals surface area contributed by atoms with E-state index in [0.717, 1.165) is 11.6 Å². The molecule has 0 atom stereocenters. The van der Waals surface area contributed by atoms with E-state index in [-0.39, 0.29) is 29.4 Å². The average molecular weight is 365 g/mol. The number of rotatable bonds is 7. The van der Waals surface area contributed by atoms with Gasteiger partial charge >= 0.3 is 6.18 Å². The fourth-order valence-corrected chi connectivity index (χ4v) is 2.41. The molecule has 7 heteroatoms. The maximum absolute atomic E-state index is 13.4. The third-order valence-electron chi connectivity index (χ3n) is 3.64. The molecule has 1 N–H and O–H groups in total. The summed E-state index contributed by atoms with van der Waals surface area (Å²) in [5.74, 6) is 0.102. The number of hydrogen-bond acceptors (Lipinski definition) is 3. The van der Waals surface area contributed by atoms with Gasteiger partial charge in [-0.2, -0.15) is 13.2 Å². The number of amides is 1. The molecule has 0 aliphatic carbocycles. The van der Waals surface area contributed by atoms with Crippen molar-refractivity contribution in [3.63, 3.8) is 0 Å². The summed E-state index contributed by atoms with van der Waals surface area (Å²) in [6.07, 6.45) is -2.92. The molecule has 0 radical (unpaired) electrons. The van der Waals surface area contributed by atoms with Crippen LogP contribution in [-0.4, -0.2) is 13.5 Å². The summed E-state index contributed by atoms with van der Waals surface area (Å²) in [5, 5.41) is 2.28. The number of nitrogens with one attached hydrogen (secondary N) is 1. The molecule has 0 saturated carbocycles. The summed E-state index contributed by atoms with van der Waals surface area (Å²) in [4.78, 5) is 10.7. The molecule has 4 nitrogen and oxygen atoms in total. The van der Waals surface area contributed by atoms with Crippen LogP contribution < -0.4 is 14.8 Å². The second-order valence-corrected chi connectivity index (χ2v) is 5.29. The van der Waals surface area contributed by atoms with Crippen molar-refractivity contribution < 1.29 is 27.4 Å². The maximum Gasteiger partial charge on any atom is 0.417 e. The van der Waals surface area contributed by atoms with Crippen LogP contribution in [0.5, 0.6) is 11.5 Å². The van der Waals surface area contributed by atoms with Crippen molar-refractivity contribution in [3.8, 4) is 11.5 Å². The van der Waals surface area contributed by atoms with Gasteiger partial charge in [0.1, 0.15) is 6.61 Å². The monoisotopic (exact) mass is 365 g/mol. The highest BCUT2D eigenvalue weighted by atomic mass is 19.4. The third kappa shape index (κ3) is 4.56. The Morgan fingerprint density at radius 3 is 2.38 bits per heavy atom. The quantitative estimate of drug-likeness (QED) is 0.740. The lowest BCUT2D eigenvalue weighted by molar-refractivity contribution is -0.138. The van der Waals surface area contributed by atoms with Crippen LogP contribution in [0, 0.1) is 0 Å². The van der Waals surface area contributed by atoms with Gasteiger partial charge in [0.15, 0.2) is 11.5 Å². The van der Waals surface area contributed by atoms with Crippen LogP contribution in [0.3, 0.4) is 0 Å². The number of halogens is 3. The van der Waals surface area contributed by atoms with Gasteiger partial charge in [-0.25, -0.2) is 0 Å². The molecule has 0 fully saturated rings. The normalized spacial score (nSPS) is 11.8. The number of methoxy groups -OCH3 is 1. The number of carbonyl (C=O) groups is 1. The Hall–Kier alpha value is -2.96. The van der Waals surface area contributed by atoms with Crippen molar-refractivity contribution in [1.82, 2.24) is 5.32 Å². The molecule has 138 valence electrons. The lowest BCUT2D eigenvalue weighted by Crippen LogP contribution is -2.16. The molecule has 0 saturated heterocycles. The molecule has 0 aliphatic heterocycles. The van der Waals surface area contributed by atoms with Crippen LogP contribution in [0.25, 0.3) is 5.70 Å². The Kier molecular flexibility index (Phi) is 6.27. The van der Waals surface area contributed by atoms with Gasteiger partial charge in [0.05, 0.1) is 12.7 Å². The van der Waals surface area contributed by atoms with Gasteiger partial charge in [0.2, 0.25) is 6.41 Å². The van der Waals surface area contributed by atoms with Crippen molar-refractivity contribution >= 4 is 12.1 Å². The minimum Gasteiger partial charge on any atom is -0.493 e. The molecule has 0 aromatic heterocycles. The number of carbonyl (C=O) groups excluding carboxylic acids is 1. The van der Waals surface area contributed by atoms with Gasteiger partial charge < -0.3 is 14.8 Å². The van der Waals surface area contributed by atoms with Gasteiger partial charge in [-0.05, 0) is 24.6 Å². The first-order chi connectivity index (χ1) is 12.4. The Balaban J connectivity index is 2.49. The van der Waals surface area contributed by atoms with E-state index in [1.807, 2.05) is 30.3 Å². The van der Waals surface area contributed by atoms with E-state index in [9.17, 15) is 18.0 Å². The van der Waals surface area contributed by atoms with Gasteiger partial charge in [0, 0.05) is 11.3 Å². The fourth-order valence-electron chi connectivity index (χ4n) is 2.41. The van der Waals surface area contributed by atoms with Crippen LogP contribution in [0.1, 0.15) is 23.6 Å². The van der Waals surface area contributed by atoms with E-state index < -0.39 is 11.7 Å².